The van der Waals surface area contributed by atoms with Gasteiger partial charge in [0.1, 0.15) is 11.5 Å². The standard InChI is InChI=1S/C10H14N4O/c1-8-3-4-9(15-8)7-13-14(2)10-11-5-6-12-10/h3-4,7H,5-6H2,1-2H3,(H,11,12)/b13-7+. The summed E-state index contributed by atoms with van der Waals surface area (Å²) in [7, 11) is 1.85. The lowest BCUT2D eigenvalue weighted by Gasteiger charge is -2.11. The molecule has 5 nitrogen and oxygen atoms in total. The molecule has 2 heterocycles. The highest BCUT2D eigenvalue weighted by atomic mass is 16.3. The summed E-state index contributed by atoms with van der Waals surface area (Å²) in [5.41, 5.74) is 0. The van der Waals surface area contributed by atoms with E-state index in [2.05, 4.69) is 15.4 Å². The molecule has 1 aromatic rings. The highest BCUT2D eigenvalue weighted by Crippen LogP contribution is 2.03. The fourth-order valence-electron chi connectivity index (χ4n) is 1.32. The first kappa shape index (κ1) is 9.76. The third-order valence-corrected chi connectivity index (χ3v) is 2.08. The van der Waals surface area contributed by atoms with Crippen LogP contribution in [0.15, 0.2) is 26.6 Å². The van der Waals surface area contributed by atoms with Crippen LogP contribution in [0.2, 0.25) is 0 Å². The molecular formula is C10H14N4O. The average molecular weight is 206 g/mol. The normalized spacial score (nSPS) is 15.5. The molecule has 0 saturated heterocycles. The van der Waals surface area contributed by atoms with Gasteiger partial charge in [-0.1, -0.05) is 0 Å². The topological polar surface area (TPSA) is 53.1 Å². The minimum absolute atomic E-state index is 0.748. The zero-order valence-electron chi connectivity index (χ0n) is 8.90. The summed E-state index contributed by atoms with van der Waals surface area (Å²) < 4.78 is 5.36. The fraction of sp³-hybridized carbons (Fsp3) is 0.400. The van der Waals surface area contributed by atoms with Gasteiger partial charge in [0, 0.05) is 13.6 Å². The third kappa shape index (κ3) is 2.37. The van der Waals surface area contributed by atoms with Crippen molar-refractivity contribution in [3.63, 3.8) is 0 Å². The number of guanidine groups is 1. The van der Waals surface area contributed by atoms with Gasteiger partial charge in [0.2, 0.25) is 5.96 Å². The van der Waals surface area contributed by atoms with Gasteiger partial charge in [0.25, 0.3) is 0 Å². The SMILES string of the molecule is Cc1ccc(/C=N/N(C)C2=NCCN2)o1. The van der Waals surface area contributed by atoms with E-state index in [1.807, 2.05) is 26.1 Å². The maximum atomic E-state index is 5.36. The number of aryl methyl sites for hydroxylation is 1. The molecule has 0 amide bonds. The van der Waals surface area contributed by atoms with Crippen LogP contribution in [0.1, 0.15) is 11.5 Å². The Balaban J connectivity index is 1.98. The summed E-state index contributed by atoms with van der Waals surface area (Å²) in [6, 6.07) is 3.79. The summed E-state index contributed by atoms with van der Waals surface area (Å²) >= 11 is 0. The maximum absolute atomic E-state index is 5.36. The van der Waals surface area contributed by atoms with Crippen molar-refractivity contribution in [3.05, 3.63) is 23.7 Å². The first-order valence-electron chi connectivity index (χ1n) is 4.88. The van der Waals surface area contributed by atoms with Gasteiger partial charge in [-0.05, 0) is 19.1 Å². The molecule has 2 rings (SSSR count). The predicted octanol–water partition coefficient (Wildman–Crippen LogP) is 0.813. The molecule has 0 saturated carbocycles. The van der Waals surface area contributed by atoms with Crippen molar-refractivity contribution >= 4 is 12.2 Å². The monoisotopic (exact) mass is 206 g/mol. The molecule has 0 radical (unpaired) electrons. The van der Waals surface area contributed by atoms with E-state index in [-0.39, 0.29) is 0 Å². The van der Waals surface area contributed by atoms with E-state index in [1.165, 1.54) is 0 Å². The molecule has 0 spiro atoms. The Morgan fingerprint density at radius 1 is 1.60 bits per heavy atom. The second-order valence-corrected chi connectivity index (χ2v) is 3.35. The lowest BCUT2D eigenvalue weighted by atomic mass is 10.4. The molecular weight excluding hydrogens is 192 g/mol. The first-order chi connectivity index (χ1) is 7.25. The number of aliphatic imine (C=N–C) groups is 1. The Labute approximate surface area is 88.5 Å². The average Bonchev–Trinajstić information content (AvgIpc) is 2.84. The number of rotatable bonds is 2. The Bertz CT molecular complexity index is 394. The Morgan fingerprint density at radius 3 is 3.07 bits per heavy atom. The number of nitrogens with one attached hydrogen (secondary N) is 1. The van der Waals surface area contributed by atoms with E-state index in [4.69, 9.17) is 4.42 Å². The Morgan fingerprint density at radius 2 is 2.47 bits per heavy atom. The van der Waals surface area contributed by atoms with Gasteiger partial charge in [-0.25, -0.2) is 10.0 Å². The molecule has 1 aliphatic rings. The lowest BCUT2D eigenvalue weighted by Crippen LogP contribution is -2.32. The van der Waals surface area contributed by atoms with E-state index >= 15 is 0 Å². The molecule has 0 aliphatic carbocycles. The van der Waals surface area contributed by atoms with E-state index in [0.29, 0.717) is 0 Å². The van der Waals surface area contributed by atoms with E-state index in [0.717, 1.165) is 30.6 Å². The minimum atomic E-state index is 0.748. The largest absolute Gasteiger partial charge is 0.460 e. The van der Waals surface area contributed by atoms with Gasteiger partial charge >= 0.3 is 0 Å². The van der Waals surface area contributed by atoms with Gasteiger partial charge in [-0.15, -0.1) is 0 Å². The summed E-state index contributed by atoms with van der Waals surface area (Å²) in [6.45, 7) is 3.60. The molecule has 1 aromatic heterocycles. The van der Waals surface area contributed by atoms with Gasteiger partial charge < -0.3 is 9.73 Å². The van der Waals surface area contributed by atoms with Gasteiger partial charge in [-0.2, -0.15) is 5.10 Å². The van der Waals surface area contributed by atoms with Crippen LogP contribution < -0.4 is 5.32 Å². The first-order valence-corrected chi connectivity index (χ1v) is 4.88. The van der Waals surface area contributed by atoms with Crippen LogP contribution in [-0.2, 0) is 0 Å². The smallest absolute Gasteiger partial charge is 0.214 e. The molecule has 80 valence electrons. The Hall–Kier alpha value is -1.78. The third-order valence-electron chi connectivity index (χ3n) is 2.08. The van der Waals surface area contributed by atoms with Crippen LogP contribution in [0.25, 0.3) is 0 Å². The van der Waals surface area contributed by atoms with Crippen molar-refractivity contribution in [1.29, 1.82) is 0 Å². The zero-order valence-corrected chi connectivity index (χ0v) is 8.90. The van der Waals surface area contributed by atoms with Crippen LogP contribution in [0, 0.1) is 6.92 Å². The van der Waals surface area contributed by atoms with Crippen molar-refractivity contribution in [2.24, 2.45) is 10.1 Å². The number of nitrogens with zero attached hydrogens (tertiary/aromatic N) is 3. The summed E-state index contributed by atoms with van der Waals surface area (Å²) in [4.78, 5) is 4.24. The van der Waals surface area contributed by atoms with Gasteiger partial charge in [0.15, 0.2) is 0 Å². The molecule has 0 fully saturated rings. The summed E-state index contributed by atoms with van der Waals surface area (Å²) in [6.07, 6.45) is 1.68. The molecule has 0 unspecified atom stereocenters. The van der Waals surface area contributed by atoms with Crippen LogP contribution in [0.3, 0.4) is 0 Å². The van der Waals surface area contributed by atoms with E-state index in [1.54, 1.807) is 11.2 Å². The zero-order chi connectivity index (χ0) is 10.7. The second kappa shape index (κ2) is 4.16. The van der Waals surface area contributed by atoms with Gasteiger partial charge in [0.05, 0.1) is 12.8 Å². The molecule has 1 N–H and O–H groups in total. The summed E-state index contributed by atoms with van der Waals surface area (Å²) in [5.74, 6) is 2.43. The highest BCUT2D eigenvalue weighted by Gasteiger charge is 2.08. The second-order valence-electron chi connectivity index (χ2n) is 3.35. The van der Waals surface area contributed by atoms with Crippen molar-refractivity contribution in [2.45, 2.75) is 6.92 Å². The van der Waals surface area contributed by atoms with Crippen LogP contribution in [0.5, 0.6) is 0 Å². The van der Waals surface area contributed by atoms with Crippen LogP contribution in [-0.4, -0.2) is 37.3 Å². The van der Waals surface area contributed by atoms with Crippen molar-refractivity contribution in [1.82, 2.24) is 10.3 Å². The molecule has 0 bridgehead atoms. The molecule has 1 aliphatic heterocycles. The predicted molar refractivity (Wildman–Crippen MR) is 59.1 cm³/mol. The van der Waals surface area contributed by atoms with Crippen molar-refractivity contribution in [2.75, 3.05) is 20.1 Å². The lowest BCUT2D eigenvalue weighted by molar-refractivity contribution is 0.511. The number of furan rings is 1. The maximum Gasteiger partial charge on any atom is 0.214 e. The van der Waals surface area contributed by atoms with Crippen LogP contribution in [0.4, 0.5) is 0 Å². The van der Waals surface area contributed by atoms with E-state index in [9.17, 15) is 0 Å². The van der Waals surface area contributed by atoms with Crippen molar-refractivity contribution in [3.8, 4) is 0 Å². The van der Waals surface area contributed by atoms with Gasteiger partial charge in [-0.3, -0.25) is 0 Å². The van der Waals surface area contributed by atoms with Crippen molar-refractivity contribution < 1.29 is 4.42 Å². The van der Waals surface area contributed by atoms with Crippen LogP contribution >= 0.6 is 0 Å². The highest BCUT2D eigenvalue weighted by molar-refractivity contribution is 5.83. The molecule has 0 aromatic carbocycles. The minimum Gasteiger partial charge on any atom is -0.460 e. The molecule has 0 atom stereocenters. The quantitative estimate of drug-likeness (QED) is 0.575. The number of hydrogen-bond acceptors (Lipinski definition) is 5. The summed E-state index contributed by atoms with van der Waals surface area (Å²) in [5, 5.41) is 9.04. The fourth-order valence-corrected chi connectivity index (χ4v) is 1.32. The number of hydrogen-bond donors (Lipinski definition) is 1. The van der Waals surface area contributed by atoms with E-state index < -0.39 is 0 Å². The molecule has 15 heavy (non-hydrogen) atoms. The Kier molecular flexibility index (Phi) is 2.71. The number of hydrazone groups is 1. The molecule has 5 heteroatoms.